The van der Waals surface area contributed by atoms with Crippen LogP contribution < -0.4 is 10.1 Å². The zero-order chi connectivity index (χ0) is 15.7. The van der Waals surface area contributed by atoms with Crippen LogP contribution in [0.4, 0.5) is 13.2 Å². The van der Waals surface area contributed by atoms with Gasteiger partial charge in [-0.3, -0.25) is 0 Å². The molecule has 1 N–H and O–H groups in total. The highest BCUT2D eigenvalue weighted by atomic mass is 19.4. The molecule has 2 atom stereocenters. The third kappa shape index (κ3) is 2.89. The highest BCUT2D eigenvalue weighted by Crippen LogP contribution is 2.58. The molecule has 1 aliphatic carbocycles. The third-order valence-corrected chi connectivity index (χ3v) is 5.04. The molecule has 1 aromatic carbocycles. The number of ether oxygens (including phenoxy) is 1. The van der Waals surface area contributed by atoms with E-state index in [1.165, 1.54) is 6.07 Å². The summed E-state index contributed by atoms with van der Waals surface area (Å²) in [6, 6.07) is 6.87. The van der Waals surface area contributed by atoms with Crippen molar-refractivity contribution in [2.75, 3.05) is 7.05 Å². The first kappa shape index (κ1) is 16.1. The fraction of sp³-hybridized carbons (Fsp3) is 0.625. The molecule has 0 heterocycles. The summed E-state index contributed by atoms with van der Waals surface area (Å²) in [5.74, 6) is 0.0410. The predicted molar refractivity (Wildman–Crippen MR) is 76.3 cm³/mol. The smallest absolute Gasteiger partial charge is 0.405 e. The Balaban J connectivity index is 2.34. The second-order valence-corrected chi connectivity index (χ2v) is 5.66. The molecule has 118 valence electrons. The first-order chi connectivity index (χ1) is 9.88. The van der Waals surface area contributed by atoms with Crippen LogP contribution in [0.3, 0.4) is 0 Å². The van der Waals surface area contributed by atoms with Crippen molar-refractivity contribution in [3.05, 3.63) is 29.8 Å². The van der Waals surface area contributed by atoms with Gasteiger partial charge in [0.2, 0.25) is 0 Å². The number of rotatable bonds is 5. The van der Waals surface area contributed by atoms with Crippen LogP contribution in [0.15, 0.2) is 24.3 Å². The summed E-state index contributed by atoms with van der Waals surface area (Å²) in [5, 5.41) is 3.30. The minimum atomic E-state index is -4.65. The average Bonchev–Trinajstić information content (AvgIpc) is 2.40. The fourth-order valence-corrected chi connectivity index (χ4v) is 3.85. The van der Waals surface area contributed by atoms with Crippen LogP contribution in [0.25, 0.3) is 0 Å². The number of para-hydroxylation sites is 1. The van der Waals surface area contributed by atoms with Gasteiger partial charge in [0.15, 0.2) is 0 Å². The van der Waals surface area contributed by atoms with E-state index in [4.69, 9.17) is 0 Å². The standard InChI is InChI=1S/C16H22F3NO/c1-4-15(5-2)12(10-14(15)20-3)11-8-6-7-9-13(11)21-16(17,18)19/h6-9,12,14,20H,4-5,10H2,1-3H3. The maximum atomic E-state index is 12.6. The predicted octanol–water partition coefficient (Wildman–Crippen LogP) is 4.47. The largest absolute Gasteiger partial charge is 0.573 e. The number of hydrogen-bond acceptors (Lipinski definition) is 2. The van der Waals surface area contributed by atoms with E-state index in [0.29, 0.717) is 11.6 Å². The van der Waals surface area contributed by atoms with Gasteiger partial charge < -0.3 is 10.1 Å². The molecule has 2 nitrogen and oxygen atoms in total. The van der Waals surface area contributed by atoms with E-state index in [0.717, 1.165) is 19.3 Å². The van der Waals surface area contributed by atoms with Crippen molar-refractivity contribution in [3.63, 3.8) is 0 Å². The summed E-state index contributed by atoms with van der Waals surface area (Å²) < 4.78 is 41.9. The summed E-state index contributed by atoms with van der Waals surface area (Å²) in [6.07, 6.45) is -1.94. The molecule has 0 saturated heterocycles. The molecule has 2 unspecified atom stereocenters. The van der Waals surface area contributed by atoms with Crippen LogP contribution in [0, 0.1) is 5.41 Å². The molecule has 0 spiro atoms. The zero-order valence-electron chi connectivity index (χ0n) is 12.6. The number of hydrogen-bond donors (Lipinski definition) is 1. The lowest BCUT2D eigenvalue weighted by atomic mass is 9.51. The molecular weight excluding hydrogens is 279 g/mol. The van der Waals surface area contributed by atoms with Crippen LogP contribution in [0.1, 0.15) is 44.6 Å². The van der Waals surface area contributed by atoms with E-state index in [1.807, 2.05) is 7.05 Å². The van der Waals surface area contributed by atoms with E-state index < -0.39 is 6.36 Å². The maximum absolute atomic E-state index is 12.6. The molecule has 0 bridgehead atoms. The van der Waals surface area contributed by atoms with E-state index >= 15 is 0 Å². The quantitative estimate of drug-likeness (QED) is 0.866. The van der Waals surface area contributed by atoms with Crippen LogP contribution in [0.5, 0.6) is 5.75 Å². The Bertz CT molecular complexity index is 483. The summed E-state index contributed by atoms with van der Waals surface area (Å²) in [5.41, 5.74) is 0.671. The molecule has 21 heavy (non-hydrogen) atoms. The van der Waals surface area contributed by atoms with Crippen molar-refractivity contribution in [2.24, 2.45) is 5.41 Å². The molecule has 1 fully saturated rings. The monoisotopic (exact) mass is 301 g/mol. The minimum absolute atomic E-state index is 0.000187. The molecular formula is C16H22F3NO. The Labute approximate surface area is 123 Å². The van der Waals surface area contributed by atoms with Gasteiger partial charge in [-0.25, -0.2) is 0 Å². The lowest BCUT2D eigenvalue weighted by molar-refractivity contribution is -0.275. The SMILES string of the molecule is CCC1(CC)C(NC)CC1c1ccccc1OC(F)(F)F. The van der Waals surface area contributed by atoms with Gasteiger partial charge in [-0.2, -0.15) is 0 Å². The average molecular weight is 301 g/mol. The van der Waals surface area contributed by atoms with Crippen LogP contribution in [-0.2, 0) is 0 Å². The minimum Gasteiger partial charge on any atom is -0.405 e. The molecule has 0 aliphatic heterocycles. The van der Waals surface area contributed by atoms with E-state index in [9.17, 15) is 13.2 Å². The number of alkyl halides is 3. The van der Waals surface area contributed by atoms with E-state index in [1.54, 1.807) is 18.2 Å². The molecule has 0 amide bonds. The first-order valence-corrected chi connectivity index (χ1v) is 7.40. The molecule has 5 heteroatoms. The number of halogens is 3. The van der Waals surface area contributed by atoms with Gasteiger partial charge >= 0.3 is 6.36 Å². The maximum Gasteiger partial charge on any atom is 0.573 e. The van der Waals surface area contributed by atoms with Crippen molar-refractivity contribution in [3.8, 4) is 5.75 Å². The van der Waals surface area contributed by atoms with Crippen molar-refractivity contribution in [1.29, 1.82) is 0 Å². The molecule has 1 aliphatic rings. The normalized spacial score (nSPS) is 24.5. The fourth-order valence-electron chi connectivity index (χ4n) is 3.85. The molecule has 0 aromatic heterocycles. The Morgan fingerprint density at radius 1 is 1.24 bits per heavy atom. The highest BCUT2D eigenvalue weighted by molar-refractivity contribution is 5.40. The van der Waals surface area contributed by atoms with Crippen LogP contribution >= 0.6 is 0 Å². The summed E-state index contributed by atoms with van der Waals surface area (Å²) in [7, 11) is 1.92. The van der Waals surface area contributed by atoms with Gasteiger partial charge in [0, 0.05) is 6.04 Å². The Hall–Kier alpha value is -1.23. The van der Waals surface area contributed by atoms with Gasteiger partial charge in [-0.1, -0.05) is 32.0 Å². The van der Waals surface area contributed by atoms with E-state index in [2.05, 4.69) is 23.9 Å². The molecule has 1 saturated carbocycles. The highest BCUT2D eigenvalue weighted by Gasteiger charge is 2.53. The topological polar surface area (TPSA) is 21.3 Å². The Morgan fingerprint density at radius 3 is 2.38 bits per heavy atom. The lowest BCUT2D eigenvalue weighted by Gasteiger charge is -2.56. The van der Waals surface area contributed by atoms with Crippen molar-refractivity contribution in [2.45, 2.75) is 51.4 Å². The second kappa shape index (κ2) is 5.87. The van der Waals surface area contributed by atoms with Crippen molar-refractivity contribution < 1.29 is 17.9 Å². The van der Waals surface area contributed by atoms with Crippen molar-refractivity contribution >= 4 is 0 Å². The molecule has 2 rings (SSSR count). The van der Waals surface area contributed by atoms with Crippen LogP contribution in [0.2, 0.25) is 0 Å². The zero-order valence-corrected chi connectivity index (χ0v) is 12.6. The summed E-state index contributed by atoms with van der Waals surface area (Å²) >= 11 is 0. The number of benzene rings is 1. The van der Waals surface area contributed by atoms with Gasteiger partial charge in [0.25, 0.3) is 0 Å². The van der Waals surface area contributed by atoms with Gasteiger partial charge in [-0.05, 0) is 49.3 Å². The Morgan fingerprint density at radius 2 is 1.86 bits per heavy atom. The second-order valence-electron chi connectivity index (χ2n) is 5.66. The third-order valence-electron chi connectivity index (χ3n) is 5.04. The lowest BCUT2D eigenvalue weighted by Crippen LogP contribution is -2.57. The summed E-state index contributed by atoms with van der Waals surface area (Å²) in [4.78, 5) is 0. The van der Waals surface area contributed by atoms with Gasteiger partial charge in [0.05, 0.1) is 0 Å². The van der Waals surface area contributed by atoms with Gasteiger partial charge in [0.1, 0.15) is 5.75 Å². The van der Waals surface area contributed by atoms with Crippen LogP contribution in [-0.4, -0.2) is 19.5 Å². The number of nitrogens with one attached hydrogen (secondary N) is 1. The Kier molecular flexibility index (Phi) is 4.51. The van der Waals surface area contributed by atoms with Crippen molar-refractivity contribution in [1.82, 2.24) is 5.32 Å². The molecule has 1 aromatic rings. The van der Waals surface area contributed by atoms with E-state index in [-0.39, 0.29) is 17.1 Å². The summed E-state index contributed by atoms with van der Waals surface area (Å²) in [6.45, 7) is 4.21. The first-order valence-electron chi connectivity index (χ1n) is 7.40. The molecule has 0 radical (unpaired) electrons. The van der Waals surface area contributed by atoms with Gasteiger partial charge in [-0.15, -0.1) is 13.2 Å².